The molecule has 0 aliphatic heterocycles. The predicted octanol–water partition coefficient (Wildman–Crippen LogP) is 2.96. The molecule has 0 radical (unpaired) electrons. The topological polar surface area (TPSA) is 79.6 Å². The van der Waals surface area contributed by atoms with Crippen LogP contribution in [0, 0.1) is 13.8 Å². The summed E-state index contributed by atoms with van der Waals surface area (Å²) in [5, 5.41) is 16.3. The Hall–Kier alpha value is -2.99. The van der Waals surface area contributed by atoms with Crippen molar-refractivity contribution >= 4 is 11.2 Å². The maximum Gasteiger partial charge on any atom is 0.167 e. The van der Waals surface area contributed by atoms with Gasteiger partial charge in [-0.15, -0.1) is 0 Å². The first-order chi connectivity index (χ1) is 12.2. The van der Waals surface area contributed by atoms with Crippen molar-refractivity contribution in [2.75, 3.05) is 6.61 Å². The van der Waals surface area contributed by atoms with Crippen molar-refractivity contribution in [1.29, 1.82) is 0 Å². The van der Waals surface area contributed by atoms with E-state index in [0.717, 1.165) is 45.2 Å². The fraction of sp³-hybridized carbons (Fsp3) is 0.211. The highest BCUT2D eigenvalue weighted by Gasteiger charge is 2.18. The lowest BCUT2D eigenvalue weighted by Crippen LogP contribution is -2.00. The molecule has 0 saturated heterocycles. The number of aryl methyl sites for hydroxylation is 2. The number of rotatable bonds is 4. The van der Waals surface area contributed by atoms with Gasteiger partial charge >= 0.3 is 0 Å². The van der Waals surface area contributed by atoms with Crippen molar-refractivity contribution in [3.63, 3.8) is 0 Å². The van der Waals surface area contributed by atoms with Crippen LogP contribution in [0.5, 0.6) is 0 Å². The third-order valence-corrected chi connectivity index (χ3v) is 4.26. The zero-order valence-electron chi connectivity index (χ0n) is 14.2. The highest BCUT2D eigenvalue weighted by Crippen LogP contribution is 2.28. The summed E-state index contributed by atoms with van der Waals surface area (Å²) in [6, 6.07) is 12.0. The molecule has 0 spiro atoms. The first kappa shape index (κ1) is 15.5. The van der Waals surface area contributed by atoms with Crippen LogP contribution in [0.3, 0.4) is 0 Å². The first-order valence-corrected chi connectivity index (χ1v) is 8.24. The maximum atomic E-state index is 9.11. The molecule has 0 atom stereocenters. The molecule has 126 valence electrons. The van der Waals surface area contributed by atoms with E-state index < -0.39 is 0 Å². The largest absolute Gasteiger partial charge is 0.396 e. The molecule has 0 bridgehead atoms. The van der Waals surface area contributed by atoms with Gasteiger partial charge in [0.05, 0.1) is 0 Å². The number of benzene rings is 1. The minimum atomic E-state index is 0.145. The van der Waals surface area contributed by atoms with Crippen LogP contribution in [0.2, 0.25) is 0 Å². The summed E-state index contributed by atoms with van der Waals surface area (Å²) < 4.78 is 2.04. The highest BCUT2D eigenvalue weighted by atomic mass is 16.2. The molecule has 25 heavy (non-hydrogen) atoms. The Morgan fingerprint density at radius 1 is 1.08 bits per heavy atom. The quantitative estimate of drug-likeness (QED) is 0.602. The third-order valence-electron chi connectivity index (χ3n) is 4.26. The van der Waals surface area contributed by atoms with Gasteiger partial charge in [-0.2, -0.15) is 5.10 Å². The zero-order chi connectivity index (χ0) is 17.4. The van der Waals surface area contributed by atoms with Crippen molar-refractivity contribution < 1.29 is 5.11 Å². The number of H-pyrrole nitrogens is 1. The molecule has 0 aliphatic carbocycles. The van der Waals surface area contributed by atoms with E-state index in [1.807, 2.05) is 54.8 Å². The van der Waals surface area contributed by atoms with Gasteiger partial charge in [-0.05, 0) is 55.7 Å². The van der Waals surface area contributed by atoms with Crippen molar-refractivity contribution in [1.82, 2.24) is 24.7 Å². The lowest BCUT2D eigenvalue weighted by atomic mass is 10.1. The molecule has 6 nitrogen and oxygen atoms in total. The minimum Gasteiger partial charge on any atom is -0.396 e. The van der Waals surface area contributed by atoms with E-state index in [1.54, 1.807) is 6.20 Å². The van der Waals surface area contributed by atoms with E-state index in [1.165, 1.54) is 0 Å². The number of aliphatic hydroxyl groups excluding tert-OH is 1. The number of imidazole rings is 1. The van der Waals surface area contributed by atoms with Crippen LogP contribution < -0.4 is 0 Å². The molecule has 1 aromatic carbocycles. The normalized spacial score (nSPS) is 11.3. The second-order valence-electron chi connectivity index (χ2n) is 6.12. The predicted molar refractivity (Wildman–Crippen MR) is 96.7 cm³/mol. The van der Waals surface area contributed by atoms with Gasteiger partial charge in [0.15, 0.2) is 11.5 Å². The van der Waals surface area contributed by atoms with E-state index in [9.17, 15) is 0 Å². The summed E-state index contributed by atoms with van der Waals surface area (Å²) in [6.07, 6.45) is 2.43. The molecule has 0 aliphatic rings. The van der Waals surface area contributed by atoms with Crippen LogP contribution >= 0.6 is 0 Å². The Balaban J connectivity index is 1.98. The number of nitrogens with one attached hydrogen (secondary N) is 1. The number of pyridine rings is 1. The fourth-order valence-corrected chi connectivity index (χ4v) is 3.10. The Labute approximate surface area is 145 Å². The Kier molecular flexibility index (Phi) is 3.82. The smallest absolute Gasteiger partial charge is 0.167 e. The standard InChI is InChI=1S/C19H19N5O/c1-12-11-13(2)21-19-17(12)22-18(16-7-9-20-23-16)24(19)15-5-3-14(4-6-15)8-10-25/h3-7,9,11,25H,8,10H2,1-2H3,(H,20,23). The average molecular weight is 333 g/mol. The van der Waals surface area contributed by atoms with Gasteiger partial charge in [0.1, 0.15) is 11.2 Å². The number of aromatic amines is 1. The monoisotopic (exact) mass is 333 g/mol. The van der Waals surface area contributed by atoms with Crippen LogP contribution in [0.15, 0.2) is 42.6 Å². The Morgan fingerprint density at radius 3 is 2.56 bits per heavy atom. The van der Waals surface area contributed by atoms with Crippen molar-refractivity contribution in [2.45, 2.75) is 20.3 Å². The lowest BCUT2D eigenvalue weighted by molar-refractivity contribution is 0.299. The van der Waals surface area contributed by atoms with Crippen LogP contribution in [0.1, 0.15) is 16.8 Å². The summed E-state index contributed by atoms with van der Waals surface area (Å²) in [6.45, 7) is 4.18. The van der Waals surface area contributed by atoms with Gasteiger partial charge in [-0.1, -0.05) is 12.1 Å². The summed E-state index contributed by atoms with van der Waals surface area (Å²) in [5.74, 6) is 0.757. The second-order valence-corrected chi connectivity index (χ2v) is 6.12. The molecule has 0 unspecified atom stereocenters. The van der Waals surface area contributed by atoms with E-state index in [4.69, 9.17) is 15.1 Å². The Morgan fingerprint density at radius 2 is 1.88 bits per heavy atom. The molecule has 0 saturated carbocycles. The third kappa shape index (κ3) is 2.70. The summed E-state index contributed by atoms with van der Waals surface area (Å²) in [5.41, 5.74) is 6.59. The highest BCUT2D eigenvalue weighted by molar-refractivity contribution is 5.82. The number of aromatic nitrogens is 5. The Bertz CT molecular complexity index is 1020. The summed E-state index contributed by atoms with van der Waals surface area (Å²) in [7, 11) is 0. The first-order valence-electron chi connectivity index (χ1n) is 8.24. The van der Waals surface area contributed by atoms with Gasteiger partial charge < -0.3 is 5.11 Å². The molecule has 4 aromatic rings. The second kappa shape index (κ2) is 6.14. The van der Waals surface area contributed by atoms with Crippen LogP contribution in [-0.4, -0.2) is 36.4 Å². The molecule has 2 N–H and O–H groups in total. The molecule has 4 rings (SSSR count). The number of nitrogens with zero attached hydrogens (tertiary/aromatic N) is 4. The van der Waals surface area contributed by atoms with Gasteiger partial charge in [0, 0.05) is 24.2 Å². The molecular formula is C19H19N5O. The van der Waals surface area contributed by atoms with Crippen molar-refractivity contribution in [3.8, 4) is 17.2 Å². The SMILES string of the molecule is Cc1cc(C)c2nc(-c3cc[nH]n3)n(-c3ccc(CCO)cc3)c2n1. The van der Waals surface area contributed by atoms with E-state index >= 15 is 0 Å². The zero-order valence-corrected chi connectivity index (χ0v) is 14.2. The lowest BCUT2D eigenvalue weighted by Gasteiger charge is -2.09. The molecule has 3 heterocycles. The van der Waals surface area contributed by atoms with Gasteiger partial charge in [-0.3, -0.25) is 9.67 Å². The molecule has 3 aromatic heterocycles. The van der Waals surface area contributed by atoms with E-state index in [-0.39, 0.29) is 6.61 Å². The fourth-order valence-electron chi connectivity index (χ4n) is 3.10. The van der Waals surface area contributed by atoms with Crippen molar-refractivity contribution in [2.24, 2.45) is 0 Å². The van der Waals surface area contributed by atoms with E-state index in [0.29, 0.717) is 6.42 Å². The maximum absolute atomic E-state index is 9.11. The number of hydrogen-bond acceptors (Lipinski definition) is 4. The van der Waals surface area contributed by atoms with Gasteiger partial charge in [-0.25, -0.2) is 9.97 Å². The van der Waals surface area contributed by atoms with Crippen LogP contribution in [0.25, 0.3) is 28.4 Å². The van der Waals surface area contributed by atoms with Gasteiger partial charge in [0.2, 0.25) is 0 Å². The summed E-state index contributed by atoms with van der Waals surface area (Å²) >= 11 is 0. The number of hydrogen-bond donors (Lipinski definition) is 2. The van der Waals surface area contributed by atoms with Crippen LogP contribution in [0.4, 0.5) is 0 Å². The van der Waals surface area contributed by atoms with Crippen molar-refractivity contribution in [3.05, 3.63) is 59.4 Å². The minimum absolute atomic E-state index is 0.145. The molecule has 6 heteroatoms. The molecule has 0 fully saturated rings. The molecular weight excluding hydrogens is 314 g/mol. The van der Waals surface area contributed by atoms with Crippen LogP contribution in [-0.2, 0) is 6.42 Å². The average Bonchev–Trinajstić information content (AvgIpc) is 3.23. The summed E-state index contributed by atoms with van der Waals surface area (Å²) in [4.78, 5) is 9.53. The number of aliphatic hydroxyl groups is 1. The van der Waals surface area contributed by atoms with E-state index in [2.05, 4.69) is 10.2 Å². The molecule has 0 amide bonds. The van der Waals surface area contributed by atoms with Gasteiger partial charge in [0.25, 0.3) is 0 Å². The number of fused-ring (bicyclic) bond motifs is 1.